The standard InChI is InChI=1S/C10H9ClN2O/c1-6-12-7-4-3-5-8(14-2)9(7)10(11)13-6/h3-5H,1-2H3. The Balaban J connectivity index is 2.87. The van der Waals surface area contributed by atoms with Crippen molar-refractivity contribution in [2.24, 2.45) is 0 Å². The predicted octanol–water partition coefficient (Wildman–Crippen LogP) is 2.60. The molecule has 0 fully saturated rings. The quantitative estimate of drug-likeness (QED) is 0.676. The van der Waals surface area contributed by atoms with Gasteiger partial charge in [-0.3, -0.25) is 0 Å². The second kappa shape index (κ2) is 3.42. The number of hydrogen-bond donors (Lipinski definition) is 0. The van der Waals surface area contributed by atoms with Crippen molar-refractivity contribution in [1.82, 2.24) is 9.97 Å². The Hall–Kier alpha value is -1.35. The third kappa shape index (κ3) is 1.40. The number of aryl methyl sites for hydroxylation is 1. The molecule has 4 heteroatoms. The van der Waals surface area contributed by atoms with E-state index in [0.29, 0.717) is 16.7 Å². The molecule has 3 nitrogen and oxygen atoms in total. The first kappa shape index (κ1) is 9.21. The van der Waals surface area contributed by atoms with E-state index in [9.17, 15) is 0 Å². The summed E-state index contributed by atoms with van der Waals surface area (Å²) in [6.45, 7) is 1.81. The van der Waals surface area contributed by atoms with Crippen LogP contribution < -0.4 is 4.74 Å². The highest BCUT2D eigenvalue weighted by Gasteiger charge is 2.08. The Morgan fingerprint density at radius 3 is 2.79 bits per heavy atom. The van der Waals surface area contributed by atoms with Gasteiger partial charge < -0.3 is 4.74 Å². The van der Waals surface area contributed by atoms with Gasteiger partial charge in [0.05, 0.1) is 18.0 Å². The molecule has 2 rings (SSSR count). The normalized spacial score (nSPS) is 10.5. The van der Waals surface area contributed by atoms with Crippen LogP contribution in [0.25, 0.3) is 10.9 Å². The van der Waals surface area contributed by atoms with E-state index in [-0.39, 0.29) is 0 Å². The molecule has 0 aliphatic heterocycles. The number of methoxy groups -OCH3 is 1. The van der Waals surface area contributed by atoms with Crippen LogP contribution in [-0.2, 0) is 0 Å². The van der Waals surface area contributed by atoms with Crippen molar-refractivity contribution in [3.8, 4) is 5.75 Å². The minimum atomic E-state index is 0.435. The van der Waals surface area contributed by atoms with Crippen molar-refractivity contribution in [2.45, 2.75) is 6.92 Å². The fourth-order valence-electron chi connectivity index (χ4n) is 1.39. The summed E-state index contributed by atoms with van der Waals surface area (Å²) in [4.78, 5) is 8.35. The average molecular weight is 209 g/mol. The summed E-state index contributed by atoms with van der Waals surface area (Å²) in [5.74, 6) is 1.36. The molecule has 0 saturated heterocycles. The summed E-state index contributed by atoms with van der Waals surface area (Å²) in [6.07, 6.45) is 0. The van der Waals surface area contributed by atoms with Gasteiger partial charge in [-0.1, -0.05) is 17.7 Å². The van der Waals surface area contributed by atoms with Crippen LogP contribution in [0.2, 0.25) is 5.15 Å². The van der Waals surface area contributed by atoms with Crippen molar-refractivity contribution in [3.63, 3.8) is 0 Å². The maximum atomic E-state index is 6.02. The minimum Gasteiger partial charge on any atom is -0.496 e. The third-order valence-electron chi connectivity index (χ3n) is 1.97. The predicted molar refractivity (Wildman–Crippen MR) is 55.8 cm³/mol. The zero-order valence-corrected chi connectivity index (χ0v) is 8.67. The molecule has 0 spiro atoms. The first-order chi connectivity index (χ1) is 6.72. The van der Waals surface area contributed by atoms with E-state index in [1.54, 1.807) is 7.11 Å². The van der Waals surface area contributed by atoms with Gasteiger partial charge in [0.1, 0.15) is 16.7 Å². The van der Waals surface area contributed by atoms with Crippen LogP contribution in [0.15, 0.2) is 18.2 Å². The zero-order chi connectivity index (χ0) is 10.1. The van der Waals surface area contributed by atoms with E-state index in [2.05, 4.69) is 9.97 Å². The molecule has 0 N–H and O–H groups in total. The van der Waals surface area contributed by atoms with E-state index in [1.807, 2.05) is 25.1 Å². The van der Waals surface area contributed by atoms with E-state index >= 15 is 0 Å². The van der Waals surface area contributed by atoms with Gasteiger partial charge in [0.15, 0.2) is 0 Å². The lowest BCUT2D eigenvalue weighted by Gasteiger charge is -2.06. The van der Waals surface area contributed by atoms with Crippen molar-refractivity contribution in [3.05, 3.63) is 29.2 Å². The maximum Gasteiger partial charge on any atom is 0.144 e. The summed E-state index contributed by atoms with van der Waals surface area (Å²) >= 11 is 6.02. The van der Waals surface area contributed by atoms with Gasteiger partial charge in [0.25, 0.3) is 0 Å². The smallest absolute Gasteiger partial charge is 0.144 e. The number of nitrogens with zero attached hydrogens (tertiary/aromatic N) is 2. The van der Waals surface area contributed by atoms with Crippen molar-refractivity contribution in [2.75, 3.05) is 7.11 Å². The highest BCUT2D eigenvalue weighted by Crippen LogP contribution is 2.29. The van der Waals surface area contributed by atoms with E-state index in [0.717, 1.165) is 10.9 Å². The highest BCUT2D eigenvalue weighted by atomic mass is 35.5. The summed E-state index contributed by atoms with van der Waals surface area (Å²) in [6, 6.07) is 5.61. The lowest BCUT2D eigenvalue weighted by atomic mass is 10.2. The zero-order valence-electron chi connectivity index (χ0n) is 7.91. The Labute approximate surface area is 86.7 Å². The van der Waals surface area contributed by atoms with Crippen LogP contribution in [0.1, 0.15) is 5.82 Å². The second-order valence-corrected chi connectivity index (χ2v) is 3.27. The number of hydrogen-bond acceptors (Lipinski definition) is 3. The molecule has 0 aliphatic rings. The molecule has 1 aromatic carbocycles. The molecule has 2 aromatic rings. The van der Waals surface area contributed by atoms with Crippen molar-refractivity contribution in [1.29, 1.82) is 0 Å². The fraction of sp³-hybridized carbons (Fsp3) is 0.200. The number of ether oxygens (including phenoxy) is 1. The Morgan fingerprint density at radius 1 is 1.29 bits per heavy atom. The largest absolute Gasteiger partial charge is 0.496 e. The SMILES string of the molecule is COc1cccc2nc(C)nc(Cl)c12. The van der Waals surface area contributed by atoms with Gasteiger partial charge in [-0.05, 0) is 19.1 Å². The maximum absolute atomic E-state index is 6.02. The van der Waals surface area contributed by atoms with Crippen molar-refractivity contribution < 1.29 is 4.74 Å². The van der Waals surface area contributed by atoms with Crippen molar-refractivity contribution >= 4 is 22.5 Å². The molecule has 0 bridgehead atoms. The van der Waals surface area contributed by atoms with Crippen LogP contribution in [0.3, 0.4) is 0 Å². The van der Waals surface area contributed by atoms with Gasteiger partial charge in [-0.2, -0.15) is 0 Å². The molecule has 0 aliphatic carbocycles. The molecule has 1 aromatic heterocycles. The molecule has 0 radical (unpaired) electrons. The van der Waals surface area contributed by atoms with Crippen LogP contribution in [-0.4, -0.2) is 17.1 Å². The van der Waals surface area contributed by atoms with Crippen LogP contribution in [0.4, 0.5) is 0 Å². The molecular formula is C10H9ClN2O. The lowest BCUT2D eigenvalue weighted by molar-refractivity contribution is 0.419. The minimum absolute atomic E-state index is 0.435. The molecule has 72 valence electrons. The second-order valence-electron chi connectivity index (χ2n) is 2.92. The number of aromatic nitrogens is 2. The van der Waals surface area contributed by atoms with Crippen LogP contribution >= 0.6 is 11.6 Å². The van der Waals surface area contributed by atoms with Crippen LogP contribution in [0.5, 0.6) is 5.75 Å². The Kier molecular flexibility index (Phi) is 2.25. The number of benzene rings is 1. The molecular weight excluding hydrogens is 200 g/mol. The number of halogens is 1. The average Bonchev–Trinajstić information content (AvgIpc) is 2.16. The van der Waals surface area contributed by atoms with Gasteiger partial charge in [-0.25, -0.2) is 9.97 Å². The Bertz CT molecular complexity index is 485. The number of rotatable bonds is 1. The third-order valence-corrected chi connectivity index (χ3v) is 2.25. The van der Waals surface area contributed by atoms with Gasteiger partial charge in [0.2, 0.25) is 0 Å². The lowest BCUT2D eigenvalue weighted by Crippen LogP contribution is -1.92. The van der Waals surface area contributed by atoms with Gasteiger partial charge in [0, 0.05) is 0 Å². The van der Waals surface area contributed by atoms with E-state index in [1.165, 1.54) is 0 Å². The summed E-state index contributed by atoms with van der Waals surface area (Å²) in [5, 5.41) is 1.20. The first-order valence-corrected chi connectivity index (χ1v) is 4.57. The molecule has 1 heterocycles. The summed E-state index contributed by atoms with van der Waals surface area (Å²) < 4.78 is 5.18. The summed E-state index contributed by atoms with van der Waals surface area (Å²) in [7, 11) is 1.60. The fourth-order valence-corrected chi connectivity index (χ4v) is 1.70. The molecule has 0 saturated carbocycles. The molecule has 0 unspecified atom stereocenters. The highest BCUT2D eigenvalue weighted by molar-refractivity contribution is 6.34. The topological polar surface area (TPSA) is 35.0 Å². The van der Waals surface area contributed by atoms with E-state index < -0.39 is 0 Å². The summed E-state index contributed by atoms with van der Waals surface area (Å²) in [5.41, 5.74) is 0.807. The molecule has 0 amide bonds. The Morgan fingerprint density at radius 2 is 2.07 bits per heavy atom. The van der Waals surface area contributed by atoms with E-state index in [4.69, 9.17) is 16.3 Å². The van der Waals surface area contributed by atoms with Gasteiger partial charge >= 0.3 is 0 Å². The monoisotopic (exact) mass is 208 g/mol. The van der Waals surface area contributed by atoms with Crippen LogP contribution in [0, 0.1) is 6.92 Å². The van der Waals surface area contributed by atoms with Gasteiger partial charge in [-0.15, -0.1) is 0 Å². The number of fused-ring (bicyclic) bond motifs is 1. The molecule has 14 heavy (non-hydrogen) atoms. The first-order valence-electron chi connectivity index (χ1n) is 4.19. The molecule has 0 atom stereocenters.